The van der Waals surface area contributed by atoms with Crippen LogP contribution in [0.5, 0.6) is 11.8 Å². The van der Waals surface area contributed by atoms with Crippen LogP contribution in [0.15, 0.2) is 30.5 Å². The molecule has 4 rings (SSSR count). The van der Waals surface area contributed by atoms with E-state index in [1.54, 1.807) is 31.3 Å². The van der Waals surface area contributed by atoms with Crippen molar-refractivity contribution in [2.24, 2.45) is 5.92 Å². The first-order valence-corrected chi connectivity index (χ1v) is 13.2. The highest BCUT2D eigenvalue weighted by molar-refractivity contribution is 7.85. The van der Waals surface area contributed by atoms with Crippen molar-refractivity contribution in [2.45, 2.75) is 38.8 Å². The number of rotatable bonds is 11. The Hall–Kier alpha value is -2.80. The highest BCUT2D eigenvalue weighted by atomic mass is 32.2. The van der Waals surface area contributed by atoms with Crippen molar-refractivity contribution in [3.05, 3.63) is 30.5 Å². The third-order valence-electron chi connectivity index (χ3n) is 5.56. The van der Waals surface area contributed by atoms with E-state index in [1.807, 2.05) is 10.7 Å². The molecule has 12 heteroatoms. The summed E-state index contributed by atoms with van der Waals surface area (Å²) < 4.78 is 49.5. The maximum absolute atomic E-state index is 10.9. The van der Waals surface area contributed by atoms with Gasteiger partial charge in [0.25, 0.3) is 10.1 Å². The number of benzene rings is 1. The Bertz CT molecular complexity index is 1240. The molecule has 1 saturated heterocycles. The van der Waals surface area contributed by atoms with E-state index < -0.39 is 10.1 Å². The standard InChI is InChI=1S/C23H30N4O7S/c1-16(15-35(29,30)31)14-32-10-4-12-34-23-24-9-8-19(25-23)22-18-13-17(28)6-7-20(18)27(26-22)21-5-2-3-11-33-21/h6-9,13,16,21,28H,2-5,10-12,14-15H2,1H3,(H,29,30,31). The van der Waals surface area contributed by atoms with E-state index in [0.717, 1.165) is 30.2 Å². The Labute approximate surface area is 203 Å². The Kier molecular flexibility index (Phi) is 8.16. The van der Waals surface area contributed by atoms with Crippen LogP contribution in [-0.2, 0) is 19.6 Å². The molecule has 0 spiro atoms. The number of nitrogens with zero attached hydrogens (tertiary/aromatic N) is 4. The van der Waals surface area contributed by atoms with E-state index in [4.69, 9.17) is 23.9 Å². The molecule has 0 aliphatic carbocycles. The van der Waals surface area contributed by atoms with E-state index in [-0.39, 0.29) is 36.3 Å². The molecule has 2 N–H and O–H groups in total. The van der Waals surface area contributed by atoms with Crippen molar-refractivity contribution in [1.29, 1.82) is 0 Å². The highest BCUT2D eigenvalue weighted by Crippen LogP contribution is 2.34. The SMILES string of the molecule is CC(COCCCOc1nccc(-c2nn(C3CCCCO3)c3ccc(O)cc23)n1)CS(=O)(=O)O. The molecule has 11 nitrogen and oxygen atoms in total. The number of phenols is 1. The van der Waals surface area contributed by atoms with E-state index in [9.17, 15) is 13.5 Å². The van der Waals surface area contributed by atoms with Crippen LogP contribution < -0.4 is 4.74 Å². The second-order valence-corrected chi connectivity index (χ2v) is 10.2. The van der Waals surface area contributed by atoms with Gasteiger partial charge in [-0.25, -0.2) is 9.67 Å². The summed E-state index contributed by atoms with van der Waals surface area (Å²) in [7, 11) is -4.00. The normalized spacial score (nSPS) is 17.5. The smallest absolute Gasteiger partial charge is 0.316 e. The van der Waals surface area contributed by atoms with Gasteiger partial charge in [-0.3, -0.25) is 4.55 Å². The summed E-state index contributed by atoms with van der Waals surface area (Å²) in [4.78, 5) is 8.67. The fraction of sp³-hybridized carbons (Fsp3) is 0.522. The molecule has 0 radical (unpaired) electrons. The lowest BCUT2D eigenvalue weighted by Crippen LogP contribution is -2.19. The van der Waals surface area contributed by atoms with Gasteiger partial charge in [-0.2, -0.15) is 18.5 Å². The first-order valence-electron chi connectivity index (χ1n) is 11.6. The Morgan fingerprint density at radius 3 is 2.89 bits per heavy atom. The third-order valence-corrected chi connectivity index (χ3v) is 6.55. The summed E-state index contributed by atoms with van der Waals surface area (Å²) in [5, 5.41) is 15.6. The van der Waals surface area contributed by atoms with Gasteiger partial charge in [0.15, 0.2) is 6.23 Å². The molecule has 35 heavy (non-hydrogen) atoms. The van der Waals surface area contributed by atoms with Gasteiger partial charge >= 0.3 is 6.01 Å². The predicted molar refractivity (Wildman–Crippen MR) is 128 cm³/mol. The lowest BCUT2D eigenvalue weighted by molar-refractivity contribution is -0.0365. The molecule has 1 aliphatic heterocycles. The van der Waals surface area contributed by atoms with Crippen LogP contribution in [0.1, 0.15) is 38.8 Å². The Morgan fingerprint density at radius 2 is 2.11 bits per heavy atom. The van der Waals surface area contributed by atoms with E-state index >= 15 is 0 Å². The van der Waals surface area contributed by atoms with Crippen molar-refractivity contribution in [3.8, 4) is 23.1 Å². The molecule has 1 aliphatic rings. The van der Waals surface area contributed by atoms with Crippen LogP contribution in [0, 0.1) is 5.92 Å². The average Bonchev–Trinajstić information content (AvgIpc) is 3.19. The fourth-order valence-electron chi connectivity index (χ4n) is 4.01. The number of fused-ring (bicyclic) bond motifs is 1. The number of hydrogen-bond donors (Lipinski definition) is 2. The maximum atomic E-state index is 10.9. The van der Waals surface area contributed by atoms with Crippen LogP contribution in [0.25, 0.3) is 22.3 Å². The zero-order chi connectivity index (χ0) is 24.8. The van der Waals surface area contributed by atoms with Gasteiger partial charge in [0.2, 0.25) is 0 Å². The summed E-state index contributed by atoms with van der Waals surface area (Å²) in [5.41, 5.74) is 2.02. The van der Waals surface area contributed by atoms with Crippen molar-refractivity contribution >= 4 is 21.0 Å². The molecule has 0 saturated carbocycles. The van der Waals surface area contributed by atoms with Crippen molar-refractivity contribution in [1.82, 2.24) is 19.7 Å². The van der Waals surface area contributed by atoms with Crippen molar-refractivity contribution in [2.75, 3.05) is 32.2 Å². The number of aromatic hydroxyl groups is 1. The quantitative estimate of drug-likeness (QED) is 0.293. The molecule has 1 fully saturated rings. The molecular formula is C23H30N4O7S. The van der Waals surface area contributed by atoms with E-state index in [2.05, 4.69) is 9.97 Å². The van der Waals surface area contributed by atoms with Crippen LogP contribution in [0.2, 0.25) is 0 Å². The molecule has 2 atom stereocenters. The van der Waals surface area contributed by atoms with Crippen LogP contribution in [0.3, 0.4) is 0 Å². The first-order chi connectivity index (χ1) is 16.8. The monoisotopic (exact) mass is 506 g/mol. The summed E-state index contributed by atoms with van der Waals surface area (Å²) in [5.74, 6) is -0.502. The third kappa shape index (κ3) is 6.88. The largest absolute Gasteiger partial charge is 0.508 e. The number of phenolic OH excluding ortho intramolecular Hbond substituents is 1. The molecule has 3 heterocycles. The average molecular weight is 507 g/mol. The highest BCUT2D eigenvalue weighted by Gasteiger charge is 2.22. The lowest BCUT2D eigenvalue weighted by Gasteiger charge is -2.23. The summed E-state index contributed by atoms with van der Waals surface area (Å²) in [6.45, 7) is 3.27. The molecule has 190 valence electrons. The van der Waals surface area contributed by atoms with Gasteiger partial charge in [-0.15, -0.1) is 0 Å². The first kappa shape index (κ1) is 25.3. The summed E-state index contributed by atoms with van der Waals surface area (Å²) in [6, 6.07) is 7.06. The van der Waals surface area contributed by atoms with Gasteiger partial charge in [0.05, 0.1) is 30.2 Å². The lowest BCUT2D eigenvalue weighted by atomic mass is 10.1. The van der Waals surface area contributed by atoms with Crippen LogP contribution in [-0.4, -0.2) is 70.0 Å². The molecule has 0 amide bonds. The topological polar surface area (TPSA) is 146 Å². The minimum Gasteiger partial charge on any atom is -0.508 e. The van der Waals surface area contributed by atoms with E-state index in [0.29, 0.717) is 37.6 Å². The minimum absolute atomic E-state index is 0.138. The summed E-state index contributed by atoms with van der Waals surface area (Å²) in [6.07, 6.45) is 4.94. The Balaban J connectivity index is 1.40. The molecule has 2 unspecified atom stereocenters. The molecule has 1 aromatic carbocycles. The second kappa shape index (κ2) is 11.3. The number of aromatic nitrogens is 4. The minimum atomic E-state index is -4.00. The van der Waals surface area contributed by atoms with Crippen LogP contribution >= 0.6 is 0 Å². The Morgan fingerprint density at radius 1 is 1.26 bits per heavy atom. The number of ether oxygens (including phenoxy) is 3. The van der Waals surface area contributed by atoms with Gasteiger partial charge < -0.3 is 19.3 Å². The van der Waals surface area contributed by atoms with Crippen molar-refractivity contribution in [3.63, 3.8) is 0 Å². The van der Waals surface area contributed by atoms with Gasteiger partial charge in [0, 0.05) is 31.2 Å². The molecule has 2 aromatic heterocycles. The molecule has 3 aromatic rings. The van der Waals surface area contributed by atoms with Gasteiger partial charge in [0.1, 0.15) is 11.4 Å². The van der Waals surface area contributed by atoms with Gasteiger partial charge in [-0.1, -0.05) is 6.92 Å². The molecule has 0 bridgehead atoms. The van der Waals surface area contributed by atoms with Crippen molar-refractivity contribution < 1.29 is 32.3 Å². The fourth-order valence-corrected chi connectivity index (χ4v) is 4.83. The zero-order valence-corrected chi connectivity index (χ0v) is 20.4. The number of hydrogen-bond acceptors (Lipinski definition) is 9. The van der Waals surface area contributed by atoms with E-state index in [1.165, 1.54) is 0 Å². The summed E-state index contributed by atoms with van der Waals surface area (Å²) >= 11 is 0. The maximum Gasteiger partial charge on any atom is 0.316 e. The zero-order valence-electron chi connectivity index (χ0n) is 19.5. The molecular weight excluding hydrogens is 476 g/mol. The predicted octanol–water partition coefficient (Wildman–Crippen LogP) is 3.21. The second-order valence-electron chi connectivity index (χ2n) is 8.67. The van der Waals surface area contributed by atoms with Gasteiger partial charge in [-0.05, 0) is 49.4 Å². The van der Waals surface area contributed by atoms with Crippen LogP contribution in [0.4, 0.5) is 0 Å².